The highest BCUT2D eigenvalue weighted by molar-refractivity contribution is 7.89. The van der Waals surface area contributed by atoms with E-state index in [0.717, 1.165) is 17.7 Å². The lowest BCUT2D eigenvalue weighted by Gasteiger charge is -2.04. The number of thiazole rings is 1. The van der Waals surface area contributed by atoms with E-state index in [4.69, 9.17) is 14.3 Å². The molecule has 0 amide bonds. The average molecular weight is 509 g/mol. The van der Waals surface area contributed by atoms with Gasteiger partial charge in [-0.2, -0.15) is 9.50 Å². The first-order valence-electron chi connectivity index (χ1n) is 10.7. The fourth-order valence-corrected chi connectivity index (χ4v) is 4.80. The van der Waals surface area contributed by atoms with Crippen molar-refractivity contribution in [3.8, 4) is 28.5 Å². The Bertz CT molecular complexity index is 1720. The van der Waals surface area contributed by atoms with Gasteiger partial charge < -0.3 is 9.15 Å². The van der Waals surface area contributed by atoms with E-state index in [-0.39, 0.29) is 10.5 Å². The molecular weight excluding hydrogens is 488 g/mol. The lowest BCUT2D eigenvalue weighted by atomic mass is 10.2. The highest BCUT2D eigenvalue weighted by Crippen LogP contribution is 2.24. The van der Waals surface area contributed by atoms with Crippen LogP contribution in [0.5, 0.6) is 5.75 Å². The highest BCUT2D eigenvalue weighted by Gasteiger charge is 2.13. The molecule has 0 saturated carbocycles. The summed E-state index contributed by atoms with van der Waals surface area (Å²) in [5, 5.41) is 9.51. The molecule has 9 nitrogen and oxygen atoms in total. The van der Waals surface area contributed by atoms with Crippen LogP contribution in [0.2, 0.25) is 0 Å². The van der Waals surface area contributed by atoms with Gasteiger partial charge in [-0.3, -0.25) is 4.79 Å². The van der Waals surface area contributed by atoms with Crippen molar-refractivity contribution in [2.45, 2.75) is 18.2 Å². The minimum absolute atomic E-state index is 0.0187. The van der Waals surface area contributed by atoms with Gasteiger partial charge in [0, 0.05) is 17.2 Å². The summed E-state index contributed by atoms with van der Waals surface area (Å²) in [6.07, 6.45) is 2.56. The fraction of sp³-hybridized carbons (Fsp3) is 0.125. The zero-order chi connectivity index (χ0) is 24.6. The van der Waals surface area contributed by atoms with Gasteiger partial charge in [-0.25, -0.2) is 13.6 Å². The van der Waals surface area contributed by atoms with Crippen molar-refractivity contribution in [3.63, 3.8) is 0 Å². The monoisotopic (exact) mass is 508 g/mol. The molecule has 2 aromatic carbocycles. The number of nitrogens with two attached hydrogens (primary N) is 1. The van der Waals surface area contributed by atoms with E-state index in [0.29, 0.717) is 39.0 Å². The van der Waals surface area contributed by atoms with E-state index in [2.05, 4.69) is 10.1 Å². The maximum absolute atomic E-state index is 12.9. The third kappa shape index (κ3) is 4.74. The molecule has 0 atom stereocenters. The van der Waals surface area contributed by atoms with Crippen LogP contribution in [0, 0.1) is 0 Å². The molecule has 5 rings (SSSR count). The second kappa shape index (κ2) is 9.10. The predicted molar refractivity (Wildman–Crippen MR) is 133 cm³/mol. The second-order valence-corrected chi connectivity index (χ2v) is 10.3. The maximum atomic E-state index is 12.9. The summed E-state index contributed by atoms with van der Waals surface area (Å²) in [5.41, 5.74) is 1.18. The Labute approximate surface area is 204 Å². The first-order valence-corrected chi connectivity index (χ1v) is 13.1. The molecule has 0 fully saturated rings. The van der Waals surface area contributed by atoms with Gasteiger partial charge in [0.1, 0.15) is 21.8 Å². The summed E-state index contributed by atoms with van der Waals surface area (Å²) in [5.74, 6) is 2.24. The van der Waals surface area contributed by atoms with Crippen molar-refractivity contribution in [2.75, 3.05) is 6.61 Å². The molecule has 2 N–H and O–H groups in total. The van der Waals surface area contributed by atoms with Crippen molar-refractivity contribution in [1.29, 1.82) is 0 Å². The van der Waals surface area contributed by atoms with Crippen LogP contribution in [0.15, 0.2) is 74.8 Å². The minimum atomic E-state index is -3.77. The minimum Gasteiger partial charge on any atom is -0.494 e. The lowest BCUT2D eigenvalue weighted by Crippen LogP contribution is -2.23. The Morgan fingerprint density at radius 3 is 2.43 bits per heavy atom. The third-order valence-corrected chi connectivity index (χ3v) is 7.02. The average Bonchev–Trinajstić information content (AvgIpc) is 3.55. The molecule has 0 bridgehead atoms. The van der Waals surface area contributed by atoms with Crippen LogP contribution < -0.4 is 20.0 Å². The van der Waals surface area contributed by atoms with Crippen LogP contribution >= 0.6 is 11.3 Å². The van der Waals surface area contributed by atoms with Gasteiger partial charge in [-0.15, -0.1) is 5.10 Å². The number of furan rings is 1. The molecule has 3 aromatic heterocycles. The molecule has 0 aliphatic rings. The number of fused-ring (bicyclic) bond motifs is 1. The van der Waals surface area contributed by atoms with Gasteiger partial charge in [0.25, 0.3) is 5.56 Å². The van der Waals surface area contributed by atoms with Gasteiger partial charge in [0.15, 0.2) is 5.82 Å². The fourth-order valence-electron chi connectivity index (χ4n) is 3.40. The topological polar surface area (TPSA) is 130 Å². The van der Waals surface area contributed by atoms with E-state index in [9.17, 15) is 13.2 Å². The molecular formula is C24H20N4O5S2. The largest absolute Gasteiger partial charge is 0.494 e. The van der Waals surface area contributed by atoms with Crippen molar-refractivity contribution in [3.05, 3.63) is 81.3 Å². The molecule has 178 valence electrons. The first-order chi connectivity index (χ1) is 16.8. The smallest absolute Gasteiger partial charge is 0.291 e. The number of rotatable bonds is 7. The summed E-state index contributed by atoms with van der Waals surface area (Å²) in [6, 6.07) is 16.9. The summed E-state index contributed by atoms with van der Waals surface area (Å²) in [7, 11) is -3.77. The molecule has 5 aromatic rings. The lowest BCUT2D eigenvalue weighted by molar-refractivity contribution is 0.317. The van der Waals surface area contributed by atoms with E-state index >= 15 is 0 Å². The van der Waals surface area contributed by atoms with Crippen LogP contribution in [0.1, 0.15) is 19.1 Å². The van der Waals surface area contributed by atoms with Gasteiger partial charge in [-0.05, 0) is 67.1 Å². The Hall–Kier alpha value is -3.80. The molecule has 0 saturated heterocycles. The van der Waals surface area contributed by atoms with Crippen LogP contribution in [0.4, 0.5) is 0 Å². The summed E-state index contributed by atoms with van der Waals surface area (Å²) in [4.78, 5) is 17.9. The van der Waals surface area contributed by atoms with E-state index in [1.54, 1.807) is 30.3 Å². The Morgan fingerprint density at radius 1 is 1.06 bits per heavy atom. The van der Waals surface area contributed by atoms with E-state index < -0.39 is 10.0 Å². The number of nitrogens with zero attached hydrogens (tertiary/aromatic N) is 3. The highest BCUT2D eigenvalue weighted by atomic mass is 32.2. The molecule has 11 heteroatoms. The van der Waals surface area contributed by atoms with Gasteiger partial charge in [0.05, 0.1) is 11.5 Å². The van der Waals surface area contributed by atoms with Gasteiger partial charge in [-0.1, -0.05) is 18.3 Å². The number of aromatic nitrogens is 3. The zero-order valence-electron chi connectivity index (χ0n) is 18.5. The van der Waals surface area contributed by atoms with E-state index in [1.165, 1.54) is 28.0 Å². The molecule has 0 radical (unpaired) electrons. The van der Waals surface area contributed by atoms with Crippen molar-refractivity contribution < 1.29 is 17.6 Å². The maximum Gasteiger partial charge on any atom is 0.291 e. The normalized spacial score (nSPS) is 12.5. The van der Waals surface area contributed by atoms with Crippen LogP contribution in [-0.4, -0.2) is 29.6 Å². The van der Waals surface area contributed by atoms with Crippen LogP contribution in [0.25, 0.3) is 33.7 Å². The third-order valence-electron chi connectivity index (χ3n) is 5.13. The Kier molecular flexibility index (Phi) is 5.97. The molecule has 35 heavy (non-hydrogen) atoms. The standard InChI is InChI=1S/C24H20N4O5S2/c1-2-13-32-17-7-3-16(4-8-17)22-26-24-28(27-22)23(29)21(34-24)14-18-9-12-20(33-18)15-5-10-19(11-6-15)35(25,30)31/h3-12,14H,2,13H2,1H3,(H2,25,30,31)/b21-14-. The first kappa shape index (κ1) is 23.0. The molecule has 0 aliphatic carbocycles. The Morgan fingerprint density at radius 2 is 1.77 bits per heavy atom. The summed E-state index contributed by atoms with van der Waals surface area (Å²) in [6.45, 7) is 2.70. The van der Waals surface area contributed by atoms with E-state index in [1.807, 2.05) is 31.2 Å². The number of hydrogen-bond acceptors (Lipinski definition) is 8. The van der Waals surface area contributed by atoms with Gasteiger partial charge >= 0.3 is 0 Å². The van der Waals surface area contributed by atoms with Gasteiger partial charge in [0.2, 0.25) is 15.0 Å². The van der Waals surface area contributed by atoms with Crippen molar-refractivity contribution >= 4 is 32.4 Å². The number of sulfonamides is 1. The molecule has 0 spiro atoms. The summed E-state index contributed by atoms with van der Waals surface area (Å²) >= 11 is 1.21. The van der Waals surface area contributed by atoms with Crippen LogP contribution in [0.3, 0.4) is 0 Å². The molecule has 0 unspecified atom stereocenters. The predicted octanol–water partition coefficient (Wildman–Crippen LogP) is 3.06. The number of ether oxygens (including phenoxy) is 1. The molecule has 0 aliphatic heterocycles. The zero-order valence-corrected chi connectivity index (χ0v) is 20.2. The molecule has 3 heterocycles. The quantitative estimate of drug-likeness (QED) is 0.358. The SMILES string of the molecule is CCCOc1ccc(-c2nc3s/c(=C\c4ccc(-c5ccc(S(N)(=O)=O)cc5)o4)c(=O)n3n2)cc1. The Balaban J connectivity index is 1.40. The number of hydrogen-bond donors (Lipinski definition) is 1. The van der Waals surface area contributed by atoms with Crippen LogP contribution in [-0.2, 0) is 10.0 Å². The van der Waals surface area contributed by atoms with Crippen molar-refractivity contribution in [1.82, 2.24) is 14.6 Å². The van der Waals surface area contributed by atoms with Crippen molar-refractivity contribution in [2.24, 2.45) is 5.14 Å². The summed E-state index contributed by atoms with van der Waals surface area (Å²) < 4.78 is 36.0. The number of primary sulfonamides is 1. The second-order valence-electron chi connectivity index (χ2n) is 7.69. The number of benzene rings is 2.